The molecule has 0 unspecified atom stereocenters. The molecule has 1 N–H and O–H groups in total. The van der Waals surface area contributed by atoms with Gasteiger partial charge in [0, 0.05) is 36.1 Å². The zero-order chi connectivity index (χ0) is 29.1. The number of aryl methyl sites for hydroxylation is 1. The number of aliphatic carboxylic acids is 1. The van der Waals surface area contributed by atoms with Crippen molar-refractivity contribution >= 4 is 11.7 Å². The van der Waals surface area contributed by atoms with Crippen molar-refractivity contribution in [1.29, 1.82) is 0 Å². The Kier molecular flexibility index (Phi) is 9.10. The van der Waals surface area contributed by atoms with Crippen molar-refractivity contribution in [2.75, 3.05) is 31.2 Å². The Morgan fingerprint density at radius 1 is 0.975 bits per heavy atom. The van der Waals surface area contributed by atoms with Crippen LogP contribution in [0.1, 0.15) is 97.4 Å². The van der Waals surface area contributed by atoms with Crippen LogP contribution in [0.15, 0.2) is 24.5 Å². The second-order valence-electron chi connectivity index (χ2n) is 13.4. The molecule has 0 amide bonds. The first-order chi connectivity index (χ1) is 18.8. The van der Waals surface area contributed by atoms with Crippen molar-refractivity contribution in [1.82, 2.24) is 9.97 Å². The minimum atomic E-state index is -1.14. The molecule has 1 aliphatic carbocycles. The molecule has 0 bridgehead atoms. The van der Waals surface area contributed by atoms with E-state index in [1.165, 1.54) is 25.7 Å². The average Bonchev–Trinajstić information content (AvgIpc) is 3.33. The molecule has 0 aromatic carbocycles. The Morgan fingerprint density at radius 2 is 1.65 bits per heavy atom. The second kappa shape index (κ2) is 12.0. The van der Waals surface area contributed by atoms with Gasteiger partial charge < -0.3 is 24.2 Å². The lowest BCUT2D eigenvalue weighted by Gasteiger charge is -2.42. The van der Waals surface area contributed by atoms with E-state index in [-0.39, 0.29) is 5.60 Å². The molecule has 1 saturated carbocycles. The van der Waals surface area contributed by atoms with E-state index < -0.39 is 17.7 Å². The number of piperidine rings is 1. The van der Waals surface area contributed by atoms with Crippen LogP contribution in [0.3, 0.4) is 0 Å². The van der Waals surface area contributed by atoms with Gasteiger partial charge in [0.25, 0.3) is 0 Å². The maximum absolute atomic E-state index is 12.6. The summed E-state index contributed by atoms with van der Waals surface area (Å²) in [6, 6.07) is 3.81. The van der Waals surface area contributed by atoms with Crippen LogP contribution >= 0.6 is 0 Å². The molecular formula is C32H47N3O5. The molecular weight excluding hydrogens is 506 g/mol. The van der Waals surface area contributed by atoms with E-state index in [0.29, 0.717) is 35.6 Å². The molecule has 2 aromatic heterocycles. The third-order valence-corrected chi connectivity index (χ3v) is 7.95. The number of nitrogens with zero attached hydrogens (tertiary/aromatic N) is 3. The molecule has 3 heterocycles. The second-order valence-corrected chi connectivity index (χ2v) is 13.4. The van der Waals surface area contributed by atoms with Crippen LogP contribution in [0, 0.1) is 12.3 Å². The van der Waals surface area contributed by atoms with Gasteiger partial charge in [0.05, 0.1) is 35.4 Å². The van der Waals surface area contributed by atoms with Crippen molar-refractivity contribution in [2.24, 2.45) is 5.41 Å². The highest BCUT2D eigenvalue weighted by atomic mass is 16.5. The summed E-state index contributed by atoms with van der Waals surface area (Å²) in [6.07, 6.45) is 9.83. The predicted octanol–water partition coefficient (Wildman–Crippen LogP) is 6.75. The minimum Gasteiger partial charge on any atom is -0.490 e. The highest BCUT2D eigenvalue weighted by molar-refractivity contribution is 5.85. The summed E-state index contributed by atoms with van der Waals surface area (Å²) in [7, 11) is 0. The molecule has 1 aliphatic heterocycles. The average molecular weight is 554 g/mol. The molecule has 2 aliphatic rings. The summed E-state index contributed by atoms with van der Waals surface area (Å²) in [6.45, 7) is 16.2. The number of carboxylic acid groups (broad SMARTS) is 1. The zero-order valence-electron chi connectivity index (χ0n) is 25.4. The molecule has 8 nitrogen and oxygen atoms in total. The standard InChI is InChI=1S/C32H47N3O5/c1-22-26(28(29(36)37)40-31(5,6)7)27(35-16-14-32(15-17-35)12-8-9-13-32)24(21-33-22)25-11-10-23(20-34-25)38-18-19-39-30(2,3)4/h10-11,20-21,28H,8-9,12-19H2,1-7H3,(H,36,37)/t28-/m0/s1. The van der Waals surface area contributed by atoms with E-state index in [1.54, 1.807) is 6.20 Å². The predicted molar refractivity (Wildman–Crippen MR) is 157 cm³/mol. The molecule has 1 saturated heterocycles. The Bertz CT molecular complexity index is 1150. The number of carboxylic acids is 1. The smallest absolute Gasteiger partial charge is 0.337 e. The number of pyridine rings is 2. The summed E-state index contributed by atoms with van der Waals surface area (Å²) < 4.78 is 17.8. The number of carbonyl (C=O) groups is 1. The fraction of sp³-hybridized carbons (Fsp3) is 0.656. The summed E-state index contributed by atoms with van der Waals surface area (Å²) in [5.41, 5.74) is 3.26. The number of hydrogen-bond donors (Lipinski definition) is 1. The molecule has 0 radical (unpaired) electrons. The van der Waals surface area contributed by atoms with Gasteiger partial charge in [0.15, 0.2) is 6.10 Å². The Morgan fingerprint density at radius 3 is 2.20 bits per heavy atom. The van der Waals surface area contributed by atoms with Crippen LogP contribution in [0.5, 0.6) is 5.75 Å². The largest absolute Gasteiger partial charge is 0.490 e. The maximum Gasteiger partial charge on any atom is 0.337 e. The fourth-order valence-electron chi connectivity index (χ4n) is 6.00. The van der Waals surface area contributed by atoms with E-state index in [2.05, 4.69) is 9.88 Å². The van der Waals surface area contributed by atoms with Crippen molar-refractivity contribution < 1.29 is 24.1 Å². The van der Waals surface area contributed by atoms with Gasteiger partial charge in [0.2, 0.25) is 0 Å². The van der Waals surface area contributed by atoms with Crippen LogP contribution in [-0.2, 0) is 14.3 Å². The van der Waals surface area contributed by atoms with Crippen molar-refractivity contribution in [3.8, 4) is 17.0 Å². The van der Waals surface area contributed by atoms with Gasteiger partial charge in [0.1, 0.15) is 12.4 Å². The summed E-state index contributed by atoms with van der Waals surface area (Å²) in [4.78, 5) is 24.4. The number of rotatable bonds is 9. The lowest BCUT2D eigenvalue weighted by Crippen LogP contribution is -2.40. The lowest BCUT2D eigenvalue weighted by molar-refractivity contribution is -0.160. The van der Waals surface area contributed by atoms with Crippen LogP contribution in [0.2, 0.25) is 0 Å². The maximum atomic E-state index is 12.6. The number of anilines is 1. The van der Waals surface area contributed by atoms with Crippen LogP contribution in [-0.4, -0.2) is 58.5 Å². The van der Waals surface area contributed by atoms with Gasteiger partial charge in [-0.1, -0.05) is 12.8 Å². The number of ether oxygens (including phenoxy) is 3. The van der Waals surface area contributed by atoms with Gasteiger partial charge in [-0.2, -0.15) is 0 Å². The fourth-order valence-corrected chi connectivity index (χ4v) is 6.00. The normalized spacial score (nSPS) is 18.2. The van der Waals surface area contributed by atoms with E-state index in [4.69, 9.17) is 19.2 Å². The van der Waals surface area contributed by atoms with Crippen LogP contribution in [0.25, 0.3) is 11.3 Å². The van der Waals surface area contributed by atoms with E-state index >= 15 is 0 Å². The third kappa shape index (κ3) is 7.52. The molecule has 220 valence electrons. The van der Waals surface area contributed by atoms with E-state index in [0.717, 1.165) is 42.9 Å². The first kappa shape index (κ1) is 30.3. The molecule has 8 heteroatoms. The van der Waals surface area contributed by atoms with Gasteiger partial charge in [-0.3, -0.25) is 9.97 Å². The first-order valence-electron chi connectivity index (χ1n) is 14.7. The van der Waals surface area contributed by atoms with E-state index in [9.17, 15) is 9.90 Å². The number of hydrogen-bond acceptors (Lipinski definition) is 7. The van der Waals surface area contributed by atoms with Gasteiger partial charge in [-0.15, -0.1) is 0 Å². The summed E-state index contributed by atoms with van der Waals surface area (Å²) >= 11 is 0. The Labute approximate surface area is 239 Å². The Hall–Kier alpha value is -2.71. The molecule has 1 spiro atoms. The molecule has 4 rings (SSSR count). The molecule has 2 aromatic rings. The van der Waals surface area contributed by atoms with Gasteiger partial charge in [-0.25, -0.2) is 4.79 Å². The Balaban J connectivity index is 1.68. The van der Waals surface area contributed by atoms with Crippen molar-refractivity contribution in [3.63, 3.8) is 0 Å². The lowest BCUT2D eigenvalue weighted by atomic mass is 9.76. The zero-order valence-corrected chi connectivity index (χ0v) is 25.4. The third-order valence-electron chi connectivity index (χ3n) is 7.95. The molecule has 1 atom stereocenters. The molecule has 2 fully saturated rings. The first-order valence-corrected chi connectivity index (χ1v) is 14.7. The SMILES string of the molecule is Cc1ncc(-c2ccc(OCCOC(C)(C)C)cn2)c(N2CCC3(CCCC3)CC2)c1[C@H](OC(C)(C)C)C(=O)O. The number of aromatic nitrogens is 2. The highest BCUT2D eigenvalue weighted by Gasteiger charge is 2.40. The minimum absolute atomic E-state index is 0.214. The monoisotopic (exact) mass is 553 g/mol. The molecule has 40 heavy (non-hydrogen) atoms. The quantitative estimate of drug-likeness (QED) is 0.341. The van der Waals surface area contributed by atoms with Crippen molar-refractivity contribution in [2.45, 2.75) is 104 Å². The highest BCUT2D eigenvalue weighted by Crippen LogP contribution is 2.49. The summed E-state index contributed by atoms with van der Waals surface area (Å²) in [5, 5.41) is 10.3. The van der Waals surface area contributed by atoms with E-state index in [1.807, 2.05) is 66.8 Å². The van der Waals surface area contributed by atoms with Crippen molar-refractivity contribution in [3.05, 3.63) is 35.8 Å². The van der Waals surface area contributed by atoms with Crippen LogP contribution in [0.4, 0.5) is 5.69 Å². The van der Waals surface area contributed by atoms with Crippen LogP contribution < -0.4 is 9.64 Å². The summed E-state index contributed by atoms with van der Waals surface area (Å²) in [5.74, 6) is -0.361. The van der Waals surface area contributed by atoms with Gasteiger partial charge >= 0.3 is 5.97 Å². The van der Waals surface area contributed by atoms with Gasteiger partial charge in [-0.05, 0) is 91.7 Å². The topological polar surface area (TPSA) is 94.0 Å².